The Balaban J connectivity index is 0.994. The van der Waals surface area contributed by atoms with E-state index < -0.39 is 0 Å². The van der Waals surface area contributed by atoms with Crippen LogP contribution in [0.4, 0.5) is 0 Å². The summed E-state index contributed by atoms with van der Waals surface area (Å²) in [6, 6.07) is 71.9. The van der Waals surface area contributed by atoms with Crippen molar-refractivity contribution in [3.63, 3.8) is 0 Å². The Morgan fingerprint density at radius 3 is 2.07 bits per heavy atom. The maximum absolute atomic E-state index is 9.83. The van der Waals surface area contributed by atoms with Gasteiger partial charge in [-0.15, -0.1) is 11.3 Å². The molecule has 68 heavy (non-hydrogen) atoms. The summed E-state index contributed by atoms with van der Waals surface area (Å²) < 4.78 is 11.7. The Labute approximate surface area is 391 Å². The van der Waals surface area contributed by atoms with Gasteiger partial charge in [-0.3, -0.25) is 5.41 Å². The van der Waals surface area contributed by atoms with Crippen LogP contribution in [0.25, 0.3) is 135 Å². The molecule has 4 aromatic heterocycles. The molecule has 0 unspecified atom stereocenters. The summed E-state index contributed by atoms with van der Waals surface area (Å²) in [5, 5.41) is 25.8. The molecule has 316 valence electrons. The first-order valence-electron chi connectivity index (χ1n) is 22.9. The molecule has 15 aromatic rings. The van der Waals surface area contributed by atoms with E-state index in [9.17, 15) is 5.41 Å². The number of hydrogen-bond donors (Lipinski definition) is 2. The number of rotatable bonds is 4. The molecule has 2 N–H and O–H groups in total. The van der Waals surface area contributed by atoms with Crippen LogP contribution in [-0.2, 0) is 0 Å². The quantitative estimate of drug-likeness (QED) is 0.134. The Bertz CT molecular complexity index is 4710. The zero-order valence-electron chi connectivity index (χ0n) is 36.3. The molecule has 4 heterocycles. The molecule has 0 spiro atoms. The van der Waals surface area contributed by atoms with Gasteiger partial charge in [0.05, 0.1) is 16.6 Å². The summed E-state index contributed by atoms with van der Waals surface area (Å²) in [6.07, 6.45) is 1.85. The number of fused-ring (bicyclic) bond motifs is 16. The molecule has 6 heteroatoms. The van der Waals surface area contributed by atoms with E-state index in [0.29, 0.717) is 11.1 Å². The first kappa shape index (κ1) is 37.4. The number of aromatic nitrogens is 2. The lowest BCUT2D eigenvalue weighted by Gasteiger charge is -2.13. The molecular weight excluding hydrogens is 849 g/mol. The molecule has 0 radical (unpaired) electrons. The molecule has 11 aromatic carbocycles. The van der Waals surface area contributed by atoms with Crippen molar-refractivity contribution in [2.24, 2.45) is 4.99 Å². The number of para-hydroxylation sites is 1. The lowest BCUT2D eigenvalue weighted by Crippen LogP contribution is -2.01. The van der Waals surface area contributed by atoms with Gasteiger partial charge in [0.2, 0.25) is 0 Å². The summed E-state index contributed by atoms with van der Waals surface area (Å²) in [7, 11) is 0. The van der Waals surface area contributed by atoms with Crippen LogP contribution in [0.2, 0.25) is 0 Å². The highest BCUT2D eigenvalue weighted by Crippen LogP contribution is 2.43. The topological polar surface area (TPSA) is 70.1 Å². The average Bonchev–Trinajstić information content (AvgIpc) is 4.15. The van der Waals surface area contributed by atoms with Gasteiger partial charge >= 0.3 is 0 Å². The second-order valence-corrected chi connectivity index (χ2v) is 19.0. The third kappa shape index (κ3) is 5.43. The van der Waals surface area contributed by atoms with Gasteiger partial charge in [0.1, 0.15) is 11.2 Å². The van der Waals surface area contributed by atoms with Crippen LogP contribution in [0.1, 0.15) is 11.1 Å². The Morgan fingerprint density at radius 2 is 1.18 bits per heavy atom. The number of nitrogens with one attached hydrogen (secondary N) is 2. The van der Waals surface area contributed by atoms with Crippen LogP contribution < -0.4 is 0 Å². The highest BCUT2D eigenvalue weighted by molar-refractivity contribution is 7.26. The third-order valence-corrected chi connectivity index (χ3v) is 15.4. The van der Waals surface area contributed by atoms with Gasteiger partial charge in [-0.2, -0.15) is 0 Å². The van der Waals surface area contributed by atoms with Gasteiger partial charge < -0.3 is 14.0 Å². The molecule has 0 saturated heterocycles. The van der Waals surface area contributed by atoms with E-state index in [2.05, 4.69) is 210 Å². The maximum Gasteiger partial charge on any atom is 0.155 e. The van der Waals surface area contributed by atoms with Crippen molar-refractivity contribution >= 4 is 141 Å². The predicted molar refractivity (Wildman–Crippen MR) is 289 cm³/mol. The smallest absolute Gasteiger partial charge is 0.155 e. The summed E-state index contributed by atoms with van der Waals surface area (Å²) in [5.41, 5.74) is 10.7. The van der Waals surface area contributed by atoms with Crippen molar-refractivity contribution in [1.82, 2.24) is 9.55 Å². The summed E-state index contributed by atoms with van der Waals surface area (Å²) in [5.74, 6) is 0.129. The largest absolute Gasteiger partial charge is 0.455 e. The van der Waals surface area contributed by atoms with Gasteiger partial charge in [-0.25, -0.2) is 4.99 Å². The predicted octanol–water partition coefficient (Wildman–Crippen LogP) is 17.3. The van der Waals surface area contributed by atoms with Crippen molar-refractivity contribution in [2.75, 3.05) is 0 Å². The van der Waals surface area contributed by atoms with E-state index in [4.69, 9.17) is 9.41 Å². The van der Waals surface area contributed by atoms with Gasteiger partial charge in [0.15, 0.2) is 5.84 Å². The van der Waals surface area contributed by atoms with Crippen molar-refractivity contribution in [3.05, 3.63) is 211 Å². The lowest BCUT2D eigenvalue weighted by molar-refractivity contribution is 0.671. The number of aliphatic imine (C=N–C) groups is 1. The Kier molecular flexibility index (Phi) is 7.74. The Hall–Kier alpha value is -8.84. The maximum atomic E-state index is 9.83. The highest BCUT2D eigenvalue weighted by Gasteiger charge is 2.22. The molecule has 0 saturated carbocycles. The van der Waals surface area contributed by atoms with Gasteiger partial charge in [-0.1, -0.05) is 140 Å². The number of benzene rings is 11. The van der Waals surface area contributed by atoms with Crippen LogP contribution >= 0.6 is 11.3 Å². The molecule has 0 bridgehead atoms. The van der Waals surface area contributed by atoms with E-state index in [1.807, 2.05) is 6.21 Å². The summed E-state index contributed by atoms with van der Waals surface area (Å²) in [6.45, 7) is 0. The minimum atomic E-state index is 0.129. The standard InChI is InChI=1S/C62H36N4OS/c63-62(64-34-40-15-10-20-48-46-18-6-8-22-58(46)68-61(40)48)53-32-41(31-52-47-26-23-35-11-3-4-16-43(35)59(47)67-60(52)53)66-56-30-37-13-2-1-12-36(37)27-50(56)51-28-38-14-9-19-42(49(38)33-57(51)66)39-24-25-45-44-17-5-7-21-54(44)65-55(45)29-39/h1-34,63,65H/b63-62?,64-34+. The number of H-pyrrole nitrogens is 1. The van der Waals surface area contributed by atoms with Crippen LogP contribution in [0, 0.1) is 5.41 Å². The van der Waals surface area contributed by atoms with Crippen molar-refractivity contribution in [1.29, 1.82) is 5.41 Å². The fraction of sp³-hybridized carbons (Fsp3) is 0. The van der Waals surface area contributed by atoms with E-state index >= 15 is 0 Å². The number of amidine groups is 1. The normalized spacial score (nSPS) is 12.4. The van der Waals surface area contributed by atoms with Crippen molar-refractivity contribution in [3.8, 4) is 16.8 Å². The number of nitrogens with zero attached hydrogens (tertiary/aromatic N) is 2. The first-order chi connectivity index (χ1) is 33.6. The van der Waals surface area contributed by atoms with E-state index in [-0.39, 0.29) is 5.84 Å². The van der Waals surface area contributed by atoms with Crippen LogP contribution in [-0.4, -0.2) is 21.6 Å². The molecule has 0 aliphatic carbocycles. The van der Waals surface area contributed by atoms with E-state index in [1.54, 1.807) is 11.3 Å². The number of furan rings is 1. The fourth-order valence-corrected chi connectivity index (χ4v) is 12.2. The number of thiophene rings is 1. The zero-order chi connectivity index (χ0) is 44.6. The first-order valence-corrected chi connectivity index (χ1v) is 23.7. The molecule has 0 aliphatic heterocycles. The second kappa shape index (κ2) is 14.1. The monoisotopic (exact) mass is 884 g/mol. The zero-order valence-corrected chi connectivity index (χ0v) is 37.2. The number of aromatic amines is 1. The van der Waals surface area contributed by atoms with Crippen molar-refractivity contribution < 1.29 is 4.42 Å². The number of hydrogen-bond acceptors (Lipinski definition) is 3. The van der Waals surface area contributed by atoms with Gasteiger partial charge in [0.25, 0.3) is 0 Å². The fourth-order valence-electron chi connectivity index (χ4n) is 11.0. The minimum absolute atomic E-state index is 0.129. The Morgan fingerprint density at radius 1 is 0.485 bits per heavy atom. The highest BCUT2D eigenvalue weighted by atomic mass is 32.1. The molecule has 0 amide bonds. The lowest BCUT2D eigenvalue weighted by atomic mass is 9.96. The second-order valence-electron chi connectivity index (χ2n) is 17.9. The van der Waals surface area contributed by atoms with Crippen LogP contribution in [0.3, 0.4) is 0 Å². The minimum Gasteiger partial charge on any atom is -0.455 e. The molecule has 0 atom stereocenters. The molecule has 5 nitrogen and oxygen atoms in total. The van der Waals surface area contributed by atoms with Gasteiger partial charge in [0, 0.05) is 86.4 Å². The molecule has 0 aliphatic rings. The van der Waals surface area contributed by atoms with E-state index in [0.717, 1.165) is 81.5 Å². The molecule has 15 rings (SSSR count). The van der Waals surface area contributed by atoms with Crippen molar-refractivity contribution in [2.45, 2.75) is 0 Å². The average molecular weight is 885 g/mol. The van der Waals surface area contributed by atoms with Crippen LogP contribution in [0.15, 0.2) is 210 Å². The third-order valence-electron chi connectivity index (χ3n) is 14.2. The molecule has 0 fully saturated rings. The summed E-state index contributed by atoms with van der Waals surface area (Å²) >= 11 is 1.76. The van der Waals surface area contributed by atoms with E-state index in [1.165, 1.54) is 53.4 Å². The molecular formula is C62H36N4OS. The van der Waals surface area contributed by atoms with Gasteiger partial charge in [-0.05, 0) is 98.7 Å². The van der Waals surface area contributed by atoms with Crippen LogP contribution in [0.5, 0.6) is 0 Å². The SMILES string of the molecule is N=C(/N=C/c1cccc2c1sc1ccccc12)c1cc(-n2c3cc4ccccc4cc3c3cc4cccc(-c5ccc6c(c5)[nH]c5ccccc56)c4cc32)cc2c1oc1c3ccccc3ccc21. The summed E-state index contributed by atoms with van der Waals surface area (Å²) in [4.78, 5) is 8.64.